The van der Waals surface area contributed by atoms with Crippen LogP contribution in [0.4, 0.5) is 0 Å². The van der Waals surface area contributed by atoms with Crippen molar-refractivity contribution in [2.24, 2.45) is 0 Å². The summed E-state index contributed by atoms with van der Waals surface area (Å²) in [6, 6.07) is 0. The molecule has 0 amide bonds. The van der Waals surface area contributed by atoms with Crippen molar-refractivity contribution in [3.63, 3.8) is 0 Å². The van der Waals surface area contributed by atoms with Crippen molar-refractivity contribution in [2.45, 2.75) is 104 Å². The van der Waals surface area contributed by atoms with E-state index < -0.39 is 0 Å². The van der Waals surface area contributed by atoms with Crippen molar-refractivity contribution in [3.05, 3.63) is 12.2 Å². The van der Waals surface area contributed by atoms with E-state index in [1.807, 2.05) is 0 Å². The molecule has 0 aromatic heterocycles. The van der Waals surface area contributed by atoms with Gasteiger partial charge in [-0.1, -0.05) is 64.0 Å². The van der Waals surface area contributed by atoms with Crippen molar-refractivity contribution in [3.8, 4) is 0 Å². The van der Waals surface area contributed by atoms with Gasteiger partial charge in [0.2, 0.25) is 0 Å². The summed E-state index contributed by atoms with van der Waals surface area (Å²) < 4.78 is 5.53. The van der Waals surface area contributed by atoms with Crippen LogP contribution < -0.4 is 0 Å². The van der Waals surface area contributed by atoms with Crippen molar-refractivity contribution in [1.29, 1.82) is 0 Å². The molecule has 0 rings (SSSR count). The Kier molecular flexibility index (Phi) is 16.5. The monoisotopic (exact) mass is 282 g/mol. The minimum absolute atomic E-state index is 0.447. The lowest BCUT2D eigenvalue weighted by molar-refractivity contribution is 0.0684. The lowest BCUT2D eigenvalue weighted by Crippen LogP contribution is -2.07. The predicted molar refractivity (Wildman–Crippen MR) is 91.3 cm³/mol. The maximum atomic E-state index is 5.53. The number of rotatable bonds is 15. The van der Waals surface area contributed by atoms with Crippen LogP contribution in [-0.4, -0.2) is 12.7 Å². The molecule has 120 valence electrons. The van der Waals surface area contributed by atoms with Crippen LogP contribution in [0.25, 0.3) is 0 Å². The van der Waals surface area contributed by atoms with Crippen LogP contribution in [0.15, 0.2) is 12.2 Å². The van der Waals surface area contributed by atoms with E-state index in [0.717, 1.165) is 6.61 Å². The van der Waals surface area contributed by atoms with E-state index in [1.54, 1.807) is 0 Å². The molecule has 0 N–H and O–H groups in total. The number of hydrogen-bond donors (Lipinski definition) is 0. The molecule has 0 aromatic rings. The average Bonchev–Trinajstić information content (AvgIpc) is 2.44. The Morgan fingerprint density at radius 2 is 1.30 bits per heavy atom. The lowest BCUT2D eigenvalue weighted by atomic mass is 10.1. The molecule has 0 heterocycles. The normalized spacial score (nSPS) is 13.2. The van der Waals surface area contributed by atoms with E-state index in [4.69, 9.17) is 4.74 Å². The SMILES string of the molecule is CCCCCCCCC=CCCCCCC(C)OCC. The molecule has 0 aliphatic rings. The zero-order valence-electron chi connectivity index (χ0n) is 14.3. The molecule has 0 saturated heterocycles. The first-order valence-electron chi connectivity index (χ1n) is 9.07. The predicted octanol–water partition coefficient (Wildman–Crippen LogP) is 6.67. The molecule has 1 unspecified atom stereocenters. The summed E-state index contributed by atoms with van der Waals surface area (Å²) in [5.74, 6) is 0. The van der Waals surface area contributed by atoms with Crippen molar-refractivity contribution in [1.82, 2.24) is 0 Å². The third kappa shape index (κ3) is 15.8. The van der Waals surface area contributed by atoms with E-state index in [1.165, 1.54) is 77.0 Å². The molecule has 0 radical (unpaired) electrons. The van der Waals surface area contributed by atoms with Gasteiger partial charge in [-0.2, -0.15) is 0 Å². The van der Waals surface area contributed by atoms with Gasteiger partial charge in [-0.15, -0.1) is 0 Å². The molecular weight excluding hydrogens is 244 g/mol. The van der Waals surface area contributed by atoms with E-state index in [9.17, 15) is 0 Å². The highest BCUT2D eigenvalue weighted by atomic mass is 16.5. The lowest BCUT2D eigenvalue weighted by Gasteiger charge is -2.10. The summed E-state index contributed by atoms with van der Waals surface area (Å²) in [5, 5.41) is 0. The number of allylic oxidation sites excluding steroid dienone is 2. The second-order valence-corrected chi connectivity index (χ2v) is 5.93. The van der Waals surface area contributed by atoms with E-state index in [0.29, 0.717) is 6.10 Å². The highest BCUT2D eigenvalue weighted by molar-refractivity contribution is 4.81. The first-order valence-corrected chi connectivity index (χ1v) is 9.07. The molecule has 0 spiro atoms. The van der Waals surface area contributed by atoms with Crippen LogP contribution in [0.3, 0.4) is 0 Å². The van der Waals surface area contributed by atoms with E-state index in [-0.39, 0.29) is 0 Å². The van der Waals surface area contributed by atoms with Crippen molar-refractivity contribution < 1.29 is 4.74 Å². The van der Waals surface area contributed by atoms with Crippen LogP contribution in [0.2, 0.25) is 0 Å². The third-order valence-corrected chi connectivity index (χ3v) is 3.82. The van der Waals surface area contributed by atoms with Gasteiger partial charge in [-0.05, 0) is 46.0 Å². The second kappa shape index (κ2) is 16.8. The summed E-state index contributed by atoms with van der Waals surface area (Å²) in [6.45, 7) is 7.39. The molecule has 1 heteroatoms. The van der Waals surface area contributed by atoms with Gasteiger partial charge in [0.15, 0.2) is 0 Å². The van der Waals surface area contributed by atoms with Crippen molar-refractivity contribution >= 4 is 0 Å². The molecule has 20 heavy (non-hydrogen) atoms. The van der Waals surface area contributed by atoms with Crippen LogP contribution in [0, 0.1) is 0 Å². The topological polar surface area (TPSA) is 9.23 Å². The first-order chi connectivity index (χ1) is 9.81. The highest BCUT2D eigenvalue weighted by Crippen LogP contribution is 2.10. The van der Waals surface area contributed by atoms with Gasteiger partial charge in [0, 0.05) is 6.61 Å². The highest BCUT2D eigenvalue weighted by Gasteiger charge is 1.99. The molecule has 0 bridgehead atoms. The van der Waals surface area contributed by atoms with Gasteiger partial charge in [-0.25, -0.2) is 0 Å². The molecule has 1 atom stereocenters. The van der Waals surface area contributed by atoms with Crippen LogP contribution >= 0.6 is 0 Å². The summed E-state index contributed by atoms with van der Waals surface area (Å²) in [7, 11) is 0. The fourth-order valence-corrected chi connectivity index (χ4v) is 2.52. The first kappa shape index (κ1) is 19.7. The molecule has 0 saturated carbocycles. The van der Waals surface area contributed by atoms with Crippen molar-refractivity contribution in [2.75, 3.05) is 6.61 Å². The number of ether oxygens (including phenoxy) is 1. The smallest absolute Gasteiger partial charge is 0.0546 e. The van der Waals surface area contributed by atoms with Crippen LogP contribution in [0.5, 0.6) is 0 Å². The van der Waals surface area contributed by atoms with E-state index in [2.05, 4.69) is 32.9 Å². The van der Waals surface area contributed by atoms with Crippen LogP contribution in [-0.2, 0) is 4.74 Å². The maximum absolute atomic E-state index is 5.53. The Labute approximate surface area is 128 Å². The largest absolute Gasteiger partial charge is 0.379 e. The molecule has 0 aromatic carbocycles. The third-order valence-electron chi connectivity index (χ3n) is 3.82. The van der Waals surface area contributed by atoms with Gasteiger partial charge in [0.1, 0.15) is 0 Å². The molecule has 0 aliphatic heterocycles. The average molecular weight is 283 g/mol. The zero-order chi connectivity index (χ0) is 14.9. The van der Waals surface area contributed by atoms with Gasteiger partial charge >= 0.3 is 0 Å². The summed E-state index contributed by atoms with van der Waals surface area (Å²) in [6.07, 6.45) is 21.4. The minimum atomic E-state index is 0.447. The fraction of sp³-hybridized carbons (Fsp3) is 0.895. The Morgan fingerprint density at radius 3 is 1.90 bits per heavy atom. The Balaban J connectivity index is 3.12. The van der Waals surface area contributed by atoms with Crippen LogP contribution in [0.1, 0.15) is 97.8 Å². The molecule has 0 aliphatic carbocycles. The maximum Gasteiger partial charge on any atom is 0.0546 e. The van der Waals surface area contributed by atoms with Gasteiger partial charge in [-0.3, -0.25) is 0 Å². The Bertz CT molecular complexity index is 198. The molecule has 0 fully saturated rings. The number of unbranched alkanes of at least 4 members (excludes halogenated alkanes) is 9. The summed E-state index contributed by atoms with van der Waals surface area (Å²) in [4.78, 5) is 0. The zero-order valence-corrected chi connectivity index (χ0v) is 14.3. The van der Waals surface area contributed by atoms with Gasteiger partial charge in [0.05, 0.1) is 6.10 Å². The minimum Gasteiger partial charge on any atom is -0.379 e. The summed E-state index contributed by atoms with van der Waals surface area (Å²) >= 11 is 0. The molecular formula is C19H38O. The quantitative estimate of drug-likeness (QED) is 0.241. The summed E-state index contributed by atoms with van der Waals surface area (Å²) in [5.41, 5.74) is 0. The standard InChI is InChI=1S/C19H38O/c1-4-6-7-8-9-10-11-12-13-14-15-16-17-18-19(3)20-5-2/h12-13,19H,4-11,14-18H2,1-3H3. The Morgan fingerprint density at radius 1 is 0.750 bits per heavy atom. The second-order valence-electron chi connectivity index (χ2n) is 5.93. The fourth-order valence-electron chi connectivity index (χ4n) is 2.52. The van der Waals surface area contributed by atoms with E-state index >= 15 is 0 Å². The Hall–Kier alpha value is -0.300. The van der Waals surface area contributed by atoms with Gasteiger partial charge < -0.3 is 4.74 Å². The van der Waals surface area contributed by atoms with Gasteiger partial charge in [0.25, 0.3) is 0 Å². The molecule has 1 nitrogen and oxygen atoms in total. The number of hydrogen-bond acceptors (Lipinski definition) is 1.